The quantitative estimate of drug-likeness (QED) is 0.211. The summed E-state index contributed by atoms with van der Waals surface area (Å²) in [7, 11) is 0. The van der Waals surface area contributed by atoms with Crippen LogP contribution in [0.2, 0.25) is 0 Å². The van der Waals surface area contributed by atoms with Gasteiger partial charge in [0.1, 0.15) is 0 Å². The SMILES string of the molecule is C1=CC(C(c2ccccc2)(c2ccccc2)C2c3ccccc3-c3ccccc32)c2ccc(-c3ccccc3)cc21. The van der Waals surface area contributed by atoms with Crippen LogP contribution in [-0.4, -0.2) is 0 Å². The molecule has 0 spiro atoms. The van der Waals surface area contributed by atoms with Crippen LogP contribution in [-0.2, 0) is 5.41 Å². The van der Waals surface area contributed by atoms with Crippen LogP contribution in [0.25, 0.3) is 28.3 Å². The predicted molar refractivity (Wildman–Crippen MR) is 171 cm³/mol. The van der Waals surface area contributed by atoms with E-state index in [1.807, 2.05) is 0 Å². The van der Waals surface area contributed by atoms with E-state index in [0.29, 0.717) is 0 Å². The van der Waals surface area contributed by atoms with Crippen LogP contribution >= 0.6 is 0 Å². The summed E-state index contributed by atoms with van der Waals surface area (Å²) in [4.78, 5) is 0. The minimum absolute atomic E-state index is 0.147. The van der Waals surface area contributed by atoms with Crippen molar-refractivity contribution in [1.82, 2.24) is 0 Å². The summed E-state index contributed by atoms with van der Waals surface area (Å²) in [6.07, 6.45) is 4.84. The average molecular weight is 523 g/mol. The second kappa shape index (κ2) is 9.61. The Morgan fingerprint density at radius 1 is 0.415 bits per heavy atom. The smallest absolute Gasteiger partial charge is 0.0415 e. The van der Waals surface area contributed by atoms with Crippen molar-refractivity contribution in [2.75, 3.05) is 0 Å². The first kappa shape index (κ1) is 23.9. The van der Waals surface area contributed by atoms with Crippen LogP contribution in [0.1, 0.15) is 45.2 Å². The zero-order chi connectivity index (χ0) is 27.2. The number of hydrogen-bond donors (Lipinski definition) is 0. The van der Waals surface area contributed by atoms with Gasteiger partial charge in [0.15, 0.2) is 0 Å². The lowest BCUT2D eigenvalue weighted by molar-refractivity contribution is 0.417. The van der Waals surface area contributed by atoms with Gasteiger partial charge in [-0.25, -0.2) is 0 Å². The lowest BCUT2D eigenvalue weighted by Gasteiger charge is -2.46. The Morgan fingerprint density at radius 2 is 0.927 bits per heavy atom. The van der Waals surface area contributed by atoms with Crippen molar-refractivity contribution >= 4 is 6.08 Å². The van der Waals surface area contributed by atoms with Gasteiger partial charge in [-0.05, 0) is 61.7 Å². The molecule has 0 N–H and O–H groups in total. The van der Waals surface area contributed by atoms with Crippen molar-refractivity contribution in [2.45, 2.75) is 17.3 Å². The van der Waals surface area contributed by atoms with Crippen LogP contribution in [0, 0.1) is 0 Å². The van der Waals surface area contributed by atoms with E-state index < -0.39 is 0 Å². The Kier molecular flexibility index (Phi) is 5.60. The first-order valence-corrected chi connectivity index (χ1v) is 14.5. The number of allylic oxidation sites excluding steroid dienone is 1. The minimum atomic E-state index is -0.360. The summed E-state index contributed by atoms with van der Waals surface area (Å²) in [5.41, 5.74) is 13.1. The van der Waals surface area contributed by atoms with Gasteiger partial charge in [-0.2, -0.15) is 0 Å². The molecule has 6 aromatic rings. The van der Waals surface area contributed by atoms with E-state index in [1.54, 1.807) is 0 Å². The molecular weight excluding hydrogens is 492 g/mol. The van der Waals surface area contributed by atoms with E-state index in [-0.39, 0.29) is 17.3 Å². The Balaban J connectivity index is 1.44. The molecule has 0 aromatic heterocycles. The Morgan fingerprint density at radius 3 is 1.51 bits per heavy atom. The molecule has 0 saturated heterocycles. The molecule has 0 amide bonds. The van der Waals surface area contributed by atoms with Crippen LogP contribution in [0.3, 0.4) is 0 Å². The molecule has 0 nitrogen and oxygen atoms in total. The van der Waals surface area contributed by atoms with Gasteiger partial charge in [0.25, 0.3) is 0 Å². The highest BCUT2D eigenvalue weighted by atomic mass is 14.5. The third kappa shape index (κ3) is 3.61. The summed E-state index contributed by atoms with van der Waals surface area (Å²) in [6, 6.07) is 58.4. The molecular formula is C41H30. The monoisotopic (exact) mass is 522 g/mol. The fraction of sp³-hybridized carbons (Fsp3) is 0.0732. The fourth-order valence-electron chi connectivity index (χ4n) is 7.63. The summed E-state index contributed by atoms with van der Waals surface area (Å²) < 4.78 is 0. The normalized spacial score (nSPS) is 15.4. The maximum Gasteiger partial charge on any atom is 0.0415 e. The van der Waals surface area contributed by atoms with Crippen LogP contribution in [0.15, 0.2) is 164 Å². The van der Waals surface area contributed by atoms with Gasteiger partial charge in [0.2, 0.25) is 0 Å². The van der Waals surface area contributed by atoms with Crippen LogP contribution in [0.5, 0.6) is 0 Å². The first-order valence-electron chi connectivity index (χ1n) is 14.5. The molecule has 1 unspecified atom stereocenters. The predicted octanol–water partition coefficient (Wildman–Crippen LogP) is 10.3. The first-order chi connectivity index (χ1) is 20.4. The number of benzene rings is 6. The molecule has 0 saturated carbocycles. The summed E-state index contributed by atoms with van der Waals surface area (Å²) in [5.74, 6) is 0.297. The van der Waals surface area contributed by atoms with E-state index in [1.165, 1.54) is 55.6 Å². The molecule has 194 valence electrons. The molecule has 0 radical (unpaired) electrons. The van der Waals surface area contributed by atoms with Gasteiger partial charge in [-0.3, -0.25) is 0 Å². The van der Waals surface area contributed by atoms with E-state index in [4.69, 9.17) is 0 Å². The molecule has 41 heavy (non-hydrogen) atoms. The largest absolute Gasteiger partial charge is 0.0751 e. The molecule has 0 heteroatoms. The molecule has 0 bridgehead atoms. The van der Waals surface area contributed by atoms with Crippen LogP contribution in [0.4, 0.5) is 0 Å². The second-order valence-corrected chi connectivity index (χ2v) is 11.3. The maximum atomic E-state index is 2.48. The number of rotatable bonds is 5. The molecule has 0 heterocycles. The fourth-order valence-corrected chi connectivity index (χ4v) is 7.63. The van der Waals surface area contributed by atoms with Crippen molar-refractivity contribution in [3.8, 4) is 22.3 Å². The average Bonchev–Trinajstić information content (AvgIpc) is 3.63. The lowest BCUT2D eigenvalue weighted by atomic mass is 9.55. The number of hydrogen-bond acceptors (Lipinski definition) is 0. The Labute approximate surface area is 242 Å². The highest BCUT2D eigenvalue weighted by molar-refractivity contribution is 5.82. The molecule has 8 rings (SSSR count). The maximum absolute atomic E-state index is 2.48. The van der Waals surface area contributed by atoms with Crippen molar-refractivity contribution in [2.24, 2.45) is 0 Å². The summed E-state index contributed by atoms with van der Waals surface area (Å²) in [5, 5.41) is 0. The summed E-state index contributed by atoms with van der Waals surface area (Å²) >= 11 is 0. The highest BCUT2D eigenvalue weighted by Crippen LogP contribution is 2.62. The third-order valence-corrected chi connectivity index (χ3v) is 9.28. The molecule has 0 fully saturated rings. The van der Waals surface area contributed by atoms with Gasteiger partial charge in [0.05, 0.1) is 0 Å². The van der Waals surface area contributed by atoms with E-state index in [0.717, 1.165) is 0 Å². The van der Waals surface area contributed by atoms with Gasteiger partial charge in [-0.1, -0.05) is 164 Å². The van der Waals surface area contributed by atoms with Crippen molar-refractivity contribution < 1.29 is 0 Å². The van der Waals surface area contributed by atoms with Gasteiger partial charge < -0.3 is 0 Å². The Hall–Kier alpha value is -4.94. The standard InChI is InChI=1S/C41H30/c1-4-14-29(15-5-1)30-24-26-34-31(28-30)25-27-39(34)41(32-16-6-2-7-17-32,33-18-8-3-9-19-33)40-37-22-12-10-20-35(37)36-21-11-13-23-38(36)40/h1-28,39-40H. The zero-order valence-electron chi connectivity index (χ0n) is 22.8. The summed E-state index contributed by atoms with van der Waals surface area (Å²) in [6.45, 7) is 0. The van der Waals surface area contributed by atoms with E-state index >= 15 is 0 Å². The molecule has 2 aliphatic carbocycles. The van der Waals surface area contributed by atoms with Crippen molar-refractivity contribution in [3.63, 3.8) is 0 Å². The zero-order valence-corrected chi connectivity index (χ0v) is 22.8. The molecule has 6 aromatic carbocycles. The minimum Gasteiger partial charge on any atom is -0.0751 e. The van der Waals surface area contributed by atoms with Crippen molar-refractivity contribution in [3.05, 3.63) is 197 Å². The topological polar surface area (TPSA) is 0 Å². The molecule has 0 aliphatic heterocycles. The highest BCUT2D eigenvalue weighted by Gasteiger charge is 2.53. The molecule has 1 atom stereocenters. The van der Waals surface area contributed by atoms with E-state index in [9.17, 15) is 0 Å². The van der Waals surface area contributed by atoms with Gasteiger partial charge >= 0.3 is 0 Å². The third-order valence-electron chi connectivity index (χ3n) is 9.28. The molecule has 2 aliphatic rings. The van der Waals surface area contributed by atoms with E-state index in [2.05, 4.69) is 170 Å². The number of fused-ring (bicyclic) bond motifs is 4. The van der Waals surface area contributed by atoms with Gasteiger partial charge in [0, 0.05) is 17.3 Å². The van der Waals surface area contributed by atoms with Crippen molar-refractivity contribution in [1.29, 1.82) is 0 Å². The lowest BCUT2D eigenvalue weighted by Crippen LogP contribution is -2.40. The van der Waals surface area contributed by atoms with Gasteiger partial charge in [-0.15, -0.1) is 0 Å². The Bertz CT molecular complexity index is 1790. The van der Waals surface area contributed by atoms with Crippen LogP contribution < -0.4 is 0 Å². The second-order valence-electron chi connectivity index (χ2n) is 11.3.